The second kappa shape index (κ2) is 10.3. The lowest BCUT2D eigenvalue weighted by Crippen LogP contribution is -2.51. The van der Waals surface area contributed by atoms with Crippen molar-refractivity contribution in [1.82, 2.24) is 25.1 Å². The first-order valence-electron chi connectivity index (χ1n) is 11.8. The Morgan fingerprint density at radius 3 is 2.53 bits per heavy atom. The minimum atomic E-state index is -1.29. The number of aromatic nitrogens is 2. The van der Waals surface area contributed by atoms with Crippen LogP contribution in [-0.4, -0.2) is 72.1 Å². The van der Waals surface area contributed by atoms with Crippen LogP contribution in [-0.2, 0) is 28.7 Å². The number of fused-ring (bicyclic) bond motifs is 1. The molecular weight excluding hydrogens is 504 g/mol. The smallest absolute Gasteiger partial charge is 0.287 e. The molecule has 194 valence electrons. The van der Waals surface area contributed by atoms with E-state index >= 15 is 0 Å². The largest absolute Gasteiger partial charge is 0.354 e. The summed E-state index contributed by atoms with van der Waals surface area (Å²) < 4.78 is 14.0. The minimum Gasteiger partial charge on any atom is -0.354 e. The Morgan fingerprint density at radius 1 is 1.19 bits per heavy atom. The molecule has 0 bridgehead atoms. The molecule has 1 atom stereocenters. The van der Waals surface area contributed by atoms with Gasteiger partial charge < -0.3 is 25.8 Å². The monoisotopic (exact) mass is 534 g/mol. The molecule has 36 heavy (non-hydrogen) atoms. The van der Waals surface area contributed by atoms with Crippen LogP contribution in [0.4, 0.5) is 0 Å². The molecule has 12 heteroatoms. The maximum absolute atomic E-state index is 13.5. The number of benzene rings is 1. The minimum absolute atomic E-state index is 0.120. The van der Waals surface area contributed by atoms with Crippen LogP contribution in [0.3, 0.4) is 0 Å². The fourth-order valence-corrected chi connectivity index (χ4v) is 6.62. The standard InChI is InChI=1S/C24H31ClN6O4S/c1-23(2,14-29-19(32)11-26)36(35)24(7-8-24)15-30-9-10-31-18(22(30)34)13-27-20(31)21(33)28-12-16-3-5-17(25)6-4-16/h3-6,13H,7-12,14-15,26H2,1-2H3,(H,28,33)(H,29,32). The molecule has 0 saturated heterocycles. The molecule has 2 aliphatic rings. The third-order valence-corrected chi connectivity index (χ3v) is 9.33. The summed E-state index contributed by atoms with van der Waals surface area (Å²) in [6.07, 6.45) is 2.92. The Labute approximate surface area is 217 Å². The van der Waals surface area contributed by atoms with Crippen LogP contribution in [0.5, 0.6) is 0 Å². The molecule has 2 heterocycles. The topological polar surface area (TPSA) is 139 Å². The van der Waals surface area contributed by atoms with Gasteiger partial charge in [-0.2, -0.15) is 0 Å². The third-order valence-electron chi connectivity index (χ3n) is 6.60. The molecular formula is C24H31ClN6O4S. The van der Waals surface area contributed by atoms with Crippen molar-refractivity contribution >= 4 is 40.1 Å². The van der Waals surface area contributed by atoms with Crippen LogP contribution in [0.2, 0.25) is 5.02 Å². The van der Waals surface area contributed by atoms with E-state index in [1.807, 2.05) is 26.0 Å². The van der Waals surface area contributed by atoms with Crippen molar-refractivity contribution in [2.45, 2.75) is 49.3 Å². The normalized spacial score (nSPS) is 17.3. The van der Waals surface area contributed by atoms with Gasteiger partial charge in [-0.15, -0.1) is 0 Å². The van der Waals surface area contributed by atoms with Gasteiger partial charge in [-0.1, -0.05) is 23.7 Å². The Morgan fingerprint density at radius 2 is 1.89 bits per heavy atom. The highest BCUT2D eigenvalue weighted by Gasteiger charge is 2.55. The van der Waals surface area contributed by atoms with Gasteiger partial charge >= 0.3 is 0 Å². The van der Waals surface area contributed by atoms with Gasteiger partial charge in [-0.25, -0.2) is 4.98 Å². The van der Waals surface area contributed by atoms with Crippen molar-refractivity contribution in [2.75, 3.05) is 26.2 Å². The van der Waals surface area contributed by atoms with Gasteiger partial charge in [0.05, 0.1) is 22.2 Å². The van der Waals surface area contributed by atoms with Crippen molar-refractivity contribution in [3.05, 3.63) is 52.6 Å². The first-order valence-corrected chi connectivity index (χ1v) is 13.4. The number of imidazole rings is 1. The second-order valence-electron chi connectivity index (χ2n) is 9.85. The molecule has 1 aromatic heterocycles. The molecule has 1 aliphatic heterocycles. The van der Waals surface area contributed by atoms with Crippen LogP contribution in [0, 0.1) is 0 Å². The number of nitrogens with two attached hydrogens (primary N) is 1. The van der Waals surface area contributed by atoms with E-state index in [2.05, 4.69) is 15.6 Å². The second-order valence-corrected chi connectivity index (χ2v) is 12.8. The fraction of sp³-hybridized carbons (Fsp3) is 0.500. The first kappa shape index (κ1) is 26.3. The first-order chi connectivity index (χ1) is 17.1. The van der Waals surface area contributed by atoms with Crippen molar-refractivity contribution in [3.63, 3.8) is 0 Å². The van der Waals surface area contributed by atoms with E-state index in [0.29, 0.717) is 36.9 Å². The molecule has 2 aromatic rings. The van der Waals surface area contributed by atoms with Crippen LogP contribution in [0.1, 0.15) is 53.4 Å². The Balaban J connectivity index is 1.39. The Hall–Kier alpha value is -2.76. The number of carbonyl (C=O) groups is 3. The lowest BCUT2D eigenvalue weighted by atomic mass is 10.2. The fourth-order valence-electron chi connectivity index (χ4n) is 4.38. The summed E-state index contributed by atoms with van der Waals surface area (Å²) in [5.74, 6) is -0.702. The van der Waals surface area contributed by atoms with Gasteiger partial charge in [0.1, 0.15) is 5.69 Å². The average Bonchev–Trinajstić information content (AvgIpc) is 3.51. The van der Waals surface area contributed by atoms with Gasteiger partial charge in [0, 0.05) is 48.5 Å². The molecule has 1 aliphatic carbocycles. The highest BCUT2D eigenvalue weighted by molar-refractivity contribution is 7.88. The quantitative estimate of drug-likeness (QED) is 0.416. The van der Waals surface area contributed by atoms with Crippen molar-refractivity contribution < 1.29 is 18.6 Å². The SMILES string of the molecule is CC(C)(CNC(=O)CN)S(=O)C1(CN2CCn3c(cnc3C(=O)NCc3ccc(Cl)cc3)C2=O)CC1. The van der Waals surface area contributed by atoms with Gasteiger partial charge in [0.25, 0.3) is 11.8 Å². The van der Waals surface area contributed by atoms with Crippen molar-refractivity contribution in [2.24, 2.45) is 5.73 Å². The summed E-state index contributed by atoms with van der Waals surface area (Å²) in [5, 5.41) is 6.17. The van der Waals surface area contributed by atoms with Crippen molar-refractivity contribution in [3.8, 4) is 0 Å². The summed E-state index contributed by atoms with van der Waals surface area (Å²) in [6, 6.07) is 7.17. The van der Waals surface area contributed by atoms with E-state index in [1.54, 1.807) is 21.6 Å². The number of carbonyl (C=O) groups excluding carboxylic acids is 3. The molecule has 10 nitrogen and oxygen atoms in total. The predicted octanol–water partition coefficient (Wildman–Crippen LogP) is 1.06. The number of halogens is 1. The lowest BCUT2D eigenvalue weighted by Gasteiger charge is -2.35. The zero-order chi connectivity index (χ0) is 26.1. The summed E-state index contributed by atoms with van der Waals surface area (Å²) in [4.78, 5) is 43.5. The molecule has 4 rings (SSSR count). The van der Waals surface area contributed by atoms with Gasteiger partial charge in [0.2, 0.25) is 5.91 Å². The number of hydrogen-bond acceptors (Lipinski definition) is 6. The van der Waals surface area contributed by atoms with Crippen LogP contribution < -0.4 is 16.4 Å². The number of nitrogens with one attached hydrogen (secondary N) is 2. The van der Waals surface area contributed by atoms with Crippen LogP contribution >= 0.6 is 11.6 Å². The van der Waals surface area contributed by atoms with Gasteiger partial charge in [0.15, 0.2) is 5.82 Å². The average molecular weight is 535 g/mol. The predicted molar refractivity (Wildman–Crippen MR) is 137 cm³/mol. The summed E-state index contributed by atoms with van der Waals surface area (Å²) in [6.45, 7) is 5.30. The number of nitrogens with zero attached hydrogens (tertiary/aromatic N) is 3. The van der Waals surface area contributed by atoms with E-state index in [-0.39, 0.29) is 36.6 Å². The molecule has 1 fully saturated rings. The van der Waals surface area contributed by atoms with Gasteiger partial charge in [-0.05, 0) is 44.4 Å². The van der Waals surface area contributed by atoms with E-state index in [0.717, 1.165) is 18.4 Å². The zero-order valence-electron chi connectivity index (χ0n) is 20.4. The van der Waals surface area contributed by atoms with E-state index < -0.39 is 20.3 Å². The summed E-state index contributed by atoms with van der Waals surface area (Å²) in [7, 11) is -1.29. The van der Waals surface area contributed by atoms with E-state index in [4.69, 9.17) is 17.3 Å². The number of rotatable bonds is 10. The molecule has 0 radical (unpaired) electrons. The number of amides is 3. The third kappa shape index (κ3) is 5.47. The zero-order valence-corrected chi connectivity index (χ0v) is 22.0. The molecule has 1 aromatic carbocycles. The highest BCUT2D eigenvalue weighted by Crippen LogP contribution is 2.46. The Kier molecular flexibility index (Phi) is 7.53. The molecule has 3 amide bonds. The number of hydrogen-bond donors (Lipinski definition) is 3. The Bertz CT molecular complexity index is 1190. The molecule has 4 N–H and O–H groups in total. The maximum atomic E-state index is 13.5. The maximum Gasteiger partial charge on any atom is 0.287 e. The van der Waals surface area contributed by atoms with Crippen LogP contribution in [0.25, 0.3) is 0 Å². The summed E-state index contributed by atoms with van der Waals surface area (Å²) in [5.41, 5.74) is 6.59. The molecule has 1 saturated carbocycles. The molecule has 1 unspecified atom stereocenters. The van der Waals surface area contributed by atoms with Crippen LogP contribution in [0.15, 0.2) is 30.5 Å². The van der Waals surface area contributed by atoms with E-state index in [1.165, 1.54) is 6.20 Å². The summed E-state index contributed by atoms with van der Waals surface area (Å²) >= 11 is 5.90. The van der Waals surface area contributed by atoms with E-state index in [9.17, 15) is 18.6 Å². The van der Waals surface area contributed by atoms with Crippen molar-refractivity contribution in [1.29, 1.82) is 0 Å². The van der Waals surface area contributed by atoms with Gasteiger partial charge in [-0.3, -0.25) is 18.6 Å². The lowest BCUT2D eigenvalue weighted by molar-refractivity contribution is -0.119. The highest BCUT2D eigenvalue weighted by atomic mass is 35.5. The molecule has 0 spiro atoms.